The number of amides is 1. The van der Waals surface area contributed by atoms with Gasteiger partial charge in [0, 0.05) is 24.7 Å². The Morgan fingerprint density at radius 3 is 2.61 bits per heavy atom. The molecular weight excluding hydrogens is 361 g/mol. The van der Waals surface area contributed by atoms with Gasteiger partial charge in [-0.25, -0.2) is 9.37 Å². The van der Waals surface area contributed by atoms with Crippen molar-refractivity contribution in [3.63, 3.8) is 0 Å². The zero-order valence-electron chi connectivity index (χ0n) is 15.4. The number of halogens is 1. The van der Waals surface area contributed by atoms with Crippen LogP contribution in [0.15, 0.2) is 65.7 Å². The molecule has 1 N–H and O–H groups in total. The second-order valence-electron chi connectivity index (χ2n) is 6.15. The third-order valence-electron chi connectivity index (χ3n) is 4.25. The van der Waals surface area contributed by atoms with Gasteiger partial charge in [-0.1, -0.05) is 18.2 Å². The van der Waals surface area contributed by atoms with Crippen molar-refractivity contribution < 1.29 is 13.9 Å². The number of ether oxygens (including phenoxy) is 1. The molecule has 0 aliphatic carbocycles. The minimum Gasteiger partial charge on any atom is -0.497 e. The van der Waals surface area contributed by atoms with Gasteiger partial charge < -0.3 is 10.1 Å². The highest BCUT2D eigenvalue weighted by Crippen LogP contribution is 2.19. The summed E-state index contributed by atoms with van der Waals surface area (Å²) in [6, 6.07) is 14.8. The fourth-order valence-electron chi connectivity index (χ4n) is 2.71. The molecule has 28 heavy (non-hydrogen) atoms. The van der Waals surface area contributed by atoms with E-state index in [4.69, 9.17) is 4.74 Å². The number of nitrogens with zero attached hydrogens (tertiary/aromatic N) is 2. The predicted octanol–water partition coefficient (Wildman–Crippen LogP) is 2.42. The molecule has 6 nitrogen and oxygen atoms in total. The zero-order chi connectivity index (χ0) is 19.9. The monoisotopic (exact) mass is 381 g/mol. The second kappa shape index (κ2) is 8.94. The maximum Gasteiger partial charge on any atom is 0.253 e. The summed E-state index contributed by atoms with van der Waals surface area (Å²) in [5.74, 6) is 0.0105. The highest BCUT2D eigenvalue weighted by molar-refractivity contribution is 5.78. The maximum atomic E-state index is 13.6. The molecule has 0 aliphatic heterocycles. The first-order valence-electron chi connectivity index (χ1n) is 8.78. The number of hydrogen-bond donors (Lipinski definition) is 1. The van der Waals surface area contributed by atoms with Crippen LogP contribution in [-0.4, -0.2) is 29.1 Å². The van der Waals surface area contributed by atoms with Crippen molar-refractivity contribution in [2.24, 2.45) is 0 Å². The summed E-state index contributed by atoms with van der Waals surface area (Å²) >= 11 is 0. The number of nitrogens with one attached hydrogen (secondary N) is 1. The van der Waals surface area contributed by atoms with Crippen LogP contribution < -0.4 is 15.6 Å². The smallest absolute Gasteiger partial charge is 0.253 e. The Balaban J connectivity index is 1.57. The lowest BCUT2D eigenvalue weighted by Crippen LogP contribution is -2.31. The molecule has 0 spiro atoms. The van der Waals surface area contributed by atoms with Gasteiger partial charge >= 0.3 is 0 Å². The Bertz CT molecular complexity index is 1020. The summed E-state index contributed by atoms with van der Waals surface area (Å²) < 4.78 is 20.1. The van der Waals surface area contributed by atoms with E-state index in [-0.39, 0.29) is 31.0 Å². The van der Waals surface area contributed by atoms with E-state index in [0.29, 0.717) is 11.3 Å². The summed E-state index contributed by atoms with van der Waals surface area (Å²) in [7, 11) is 1.59. The molecule has 3 rings (SSSR count). The van der Waals surface area contributed by atoms with E-state index in [1.54, 1.807) is 37.4 Å². The second-order valence-corrected chi connectivity index (χ2v) is 6.15. The quantitative estimate of drug-likeness (QED) is 0.682. The third-order valence-corrected chi connectivity index (χ3v) is 4.25. The SMILES string of the molecule is COc1ccc(-c2cc(=O)n(CCNC(=O)Cc3ccccc3F)cn2)cc1. The van der Waals surface area contributed by atoms with Crippen molar-refractivity contribution in [3.05, 3.63) is 82.7 Å². The largest absolute Gasteiger partial charge is 0.497 e. The summed E-state index contributed by atoms with van der Waals surface area (Å²) in [5, 5.41) is 2.69. The summed E-state index contributed by atoms with van der Waals surface area (Å²) in [5.41, 5.74) is 1.49. The fourth-order valence-corrected chi connectivity index (χ4v) is 2.71. The van der Waals surface area contributed by atoms with Gasteiger partial charge in [0.1, 0.15) is 11.6 Å². The van der Waals surface area contributed by atoms with Crippen LogP contribution >= 0.6 is 0 Å². The molecule has 3 aromatic rings. The van der Waals surface area contributed by atoms with Crippen molar-refractivity contribution in [2.75, 3.05) is 13.7 Å². The van der Waals surface area contributed by atoms with Gasteiger partial charge in [0.25, 0.3) is 5.56 Å². The summed E-state index contributed by atoms with van der Waals surface area (Å²) in [6.07, 6.45) is 1.40. The Hall–Kier alpha value is -3.48. The van der Waals surface area contributed by atoms with Crippen LogP contribution in [0.4, 0.5) is 4.39 Å². The number of carbonyl (C=O) groups excluding carboxylic acids is 1. The minimum absolute atomic E-state index is 0.0454. The lowest BCUT2D eigenvalue weighted by atomic mass is 10.1. The van der Waals surface area contributed by atoms with E-state index < -0.39 is 5.82 Å². The van der Waals surface area contributed by atoms with E-state index in [1.165, 1.54) is 23.0 Å². The summed E-state index contributed by atoms with van der Waals surface area (Å²) in [6.45, 7) is 0.522. The van der Waals surface area contributed by atoms with Gasteiger partial charge in [-0.15, -0.1) is 0 Å². The van der Waals surface area contributed by atoms with Crippen molar-refractivity contribution in [1.82, 2.24) is 14.9 Å². The normalized spacial score (nSPS) is 10.5. The van der Waals surface area contributed by atoms with E-state index in [9.17, 15) is 14.0 Å². The molecule has 0 atom stereocenters. The first kappa shape index (κ1) is 19.3. The van der Waals surface area contributed by atoms with Crippen molar-refractivity contribution in [1.29, 1.82) is 0 Å². The number of hydrogen-bond acceptors (Lipinski definition) is 4. The van der Waals surface area contributed by atoms with Crippen LogP contribution in [0.1, 0.15) is 5.56 Å². The Morgan fingerprint density at radius 2 is 1.93 bits per heavy atom. The molecule has 144 valence electrons. The van der Waals surface area contributed by atoms with Crippen LogP contribution in [-0.2, 0) is 17.8 Å². The minimum atomic E-state index is -0.410. The first-order valence-corrected chi connectivity index (χ1v) is 8.78. The Labute approximate surface area is 161 Å². The van der Waals surface area contributed by atoms with Crippen molar-refractivity contribution >= 4 is 5.91 Å². The average Bonchev–Trinajstić information content (AvgIpc) is 2.71. The average molecular weight is 381 g/mol. The van der Waals surface area contributed by atoms with E-state index in [2.05, 4.69) is 10.3 Å². The van der Waals surface area contributed by atoms with Gasteiger partial charge in [0.05, 0.1) is 25.6 Å². The molecule has 2 aromatic carbocycles. The fraction of sp³-hybridized carbons (Fsp3) is 0.190. The lowest BCUT2D eigenvalue weighted by molar-refractivity contribution is -0.120. The first-order chi connectivity index (χ1) is 13.6. The Morgan fingerprint density at radius 1 is 1.18 bits per heavy atom. The van der Waals surface area contributed by atoms with E-state index >= 15 is 0 Å². The molecule has 0 fully saturated rings. The standard InChI is InChI=1S/C21H20FN3O3/c1-28-17-8-6-15(7-9-17)19-13-21(27)25(14-24-19)11-10-23-20(26)12-16-4-2-3-5-18(16)22/h2-9,13-14H,10-12H2,1H3,(H,23,26). The molecule has 0 radical (unpaired) electrons. The van der Waals surface area contributed by atoms with E-state index in [0.717, 1.165) is 11.3 Å². The molecular formula is C21H20FN3O3. The Kier molecular flexibility index (Phi) is 6.16. The predicted molar refractivity (Wildman–Crippen MR) is 104 cm³/mol. The maximum absolute atomic E-state index is 13.6. The van der Waals surface area contributed by atoms with Crippen molar-refractivity contribution in [2.45, 2.75) is 13.0 Å². The van der Waals surface area contributed by atoms with Gasteiger partial charge in [0.2, 0.25) is 5.91 Å². The highest BCUT2D eigenvalue weighted by atomic mass is 19.1. The number of rotatable bonds is 7. The van der Waals surface area contributed by atoms with Crippen LogP contribution in [0.2, 0.25) is 0 Å². The van der Waals surface area contributed by atoms with Gasteiger partial charge in [-0.3, -0.25) is 14.2 Å². The number of aromatic nitrogens is 2. The molecule has 7 heteroatoms. The van der Waals surface area contributed by atoms with Crippen molar-refractivity contribution in [3.8, 4) is 17.0 Å². The zero-order valence-corrected chi connectivity index (χ0v) is 15.4. The molecule has 0 bridgehead atoms. The van der Waals surface area contributed by atoms with Crippen LogP contribution in [0.3, 0.4) is 0 Å². The molecule has 1 aromatic heterocycles. The van der Waals surface area contributed by atoms with Crippen LogP contribution in [0.5, 0.6) is 5.75 Å². The molecule has 0 unspecified atom stereocenters. The third kappa shape index (κ3) is 4.82. The van der Waals surface area contributed by atoms with Gasteiger partial charge in [-0.05, 0) is 35.9 Å². The number of benzene rings is 2. The highest BCUT2D eigenvalue weighted by Gasteiger charge is 2.08. The van der Waals surface area contributed by atoms with E-state index in [1.807, 2.05) is 12.1 Å². The van der Waals surface area contributed by atoms with Crippen LogP contribution in [0, 0.1) is 5.82 Å². The lowest BCUT2D eigenvalue weighted by Gasteiger charge is -2.09. The molecule has 0 saturated carbocycles. The summed E-state index contributed by atoms with van der Waals surface area (Å²) in [4.78, 5) is 28.5. The van der Waals surface area contributed by atoms with Gasteiger partial charge in [-0.2, -0.15) is 0 Å². The molecule has 1 amide bonds. The van der Waals surface area contributed by atoms with Crippen LogP contribution in [0.25, 0.3) is 11.3 Å². The molecule has 0 aliphatic rings. The number of carbonyl (C=O) groups is 1. The molecule has 0 saturated heterocycles. The molecule has 1 heterocycles. The number of methoxy groups -OCH3 is 1. The van der Waals surface area contributed by atoms with Gasteiger partial charge in [0.15, 0.2) is 0 Å². The topological polar surface area (TPSA) is 73.2 Å².